The summed E-state index contributed by atoms with van der Waals surface area (Å²) in [6, 6.07) is 4.28. The molecule has 0 aromatic carbocycles. The highest BCUT2D eigenvalue weighted by atomic mass is 15.3. The summed E-state index contributed by atoms with van der Waals surface area (Å²) in [5, 5.41) is 7.92. The summed E-state index contributed by atoms with van der Waals surface area (Å²) in [5.41, 5.74) is 4.71. The molecule has 2 heterocycles. The molecule has 0 saturated carbocycles. The molecule has 0 saturated heterocycles. The molecule has 1 N–H and O–H groups in total. The molecule has 4 heteroatoms. The minimum absolute atomic E-state index is 0.848. The van der Waals surface area contributed by atoms with Gasteiger partial charge in [0.1, 0.15) is 0 Å². The molecule has 98 valence electrons. The normalized spacial score (nSPS) is 10.9. The van der Waals surface area contributed by atoms with E-state index in [9.17, 15) is 0 Å². The lowest BCUT2D eigenvalue weighted by Crippen LogP contribution is -2.08. The standard InChI is InChI=1S/C14H22N4/c1-5-8-18-9-6-7-13(18)10-15-14-11(2)16-17(4)12(14)3/h6-7,9,15H,5,8,10H2,1-4H3. The van der Waals surface area contributed by atoms with Crippen molar-refractivity contribution in [1.29, 1.82) is 0 Å². The van der Waals surface area contributed by atoms with Crippen LogP contribution in [0.25, 0.3) is 0 Å². The number of nitrogens with one attached hydrogen (secondary N) is 1. The Morgan fingerprint density at radius 1 is 1.33 bits per heavy atom. The minimum atomic E-state index is 0.848. The van der Waals surface area contributed by atoms with Gasteiger partial charge in [-0.05, 0) is 32.4 Å². The number of hydrogen-bond acceptors (Lipinski definition) is 2. The predicted octanol–water partition coefficient (Wildman–Crippen LogP) is 2.86. The van der Waals surface area contributed by atoms with Crippen LogP contribution < -0.4 is 5.32 Å². The molecule has 0 aliphatic rings. The Morgan fingerprint density at radius 3 is 2.72 bits per heavy atom. The van der Waals surface area contributed by atoms with E-state index in [4.69, 9.17) is 0 Å². The van der Waals surface area contributed by atoms with Crippen LogP contribution in [-0.2, 0) is 20.1 Å². The first-order valence-electron chi connectivity index (χ1n) is 6.51. The summed E-state index contributed by atoms with van der Waals surface area (Å²) in [6.45, 7) is 8.26. The van der Waals surface area contributed by atoms with Crippen molar-refractivity contribution >= 4 is 5.69 Å². The molecule has 18 heavy (non-hydrogen) atoms. The van der Waals surface area contributed by atoms with Gasteiger partial charge in [0.2, 0.25) is 0 Å². The SMILES string of the molecule is CCCn1cccc1CNc1c(C)nn(C)c1C. The quantitative estimate of drug-likeness (QED) is 0.880. The zero-order valence-corrected chi connectivity index (χ0v) is 11.7. The lowest BCUT2D eigenvalue weighted by molar-refractivity contribution is 0.654. The van der Waals surface area contributed by atoms with Crippen LogP contribution in [0.5, 0.6) is 0 Å². The van der Waals surface area contributed by atoms with E-state index in [2.05, 4.69) is 47.2 Å². The molecule has 2 aromatic heterocycles. The smallest absolute Gasteiger partial charge is 0.0827 e. The Bertz CT molecular complexity index is 522. The van der Waals surface area contributed by atoms with Crippen LogP contribution in [0.1, 0.15) is 30.4 Å². The fourth-order valence-electron chi connectivity index (χ4n) is 2.28. The topological polar surface area (TPSA) is 34.8 Å². The zero-order chi connectivity index (χ0) is 13.1. The largest absolute Gasteiger partial charge is 0.376 e. The first-order chi connectivity index (χ1) is 8.63. The molecular weight excluding hydrogens is 224 g/mol. The zero-order valence-electron chi connectivity index (χ0n) is 11.7. The predicted molar refractivity (Wildman–Crippen MR) is 74.7 cm³/mol. The third kappa shape index (κ3) is 2.42. The number of rotatable bonds is 5. The van der Waals surface area contributed by atoms with E-state index in [-0.39, 0.29) is 0 Å². The van der Waals surface area contributed by atoms with E-state index < -0.39 is 0 Å². The van der Waals surface area contributed by atoms with Crippen molar-refractivity contribution in [2.45, 2.75) is 40.3 Å². The van der Waals surface area contributed by atoms with E-state index in [0.717, 1.165) is 30.9 Å². The highest BCUT2D eigenvalue weighted by Crippen LogP contribution is 2.19. The van der Waals surface area contributed by atoms with E-state index in [0.29, 0.717) is 0 Å². The van der Waals surface area contributed by atoms with E-state index in [1.165, 1.54) is 11.4 Å². The first kappa shape index (κ1) is 12.7. The molecule has 2 rings (SSSR count). The maximum absolute atomic E-state index is 4.42. The molecule has 0 fully saturated rings. The molecule has 0 unspecified atom stereocenters. The van der Waals surface area contributed by atoms with Crippen molar-refractivity contribution in [1.82, 2.24) is 14.3 Å². The van der Waals surface area contributed by atoms with Crippen LogP contribution in [0.4, 0.5) is 5.69 Å². The van der Waals surface area contributed by atoms with E-state index in [1.807, 2.05) is 18.7 Å². The third-order valence-corrected chi connectivity index (χ3v) is 3.34. The Morgan fingerprint density at radius 2 is 2.11 bits per heavy atom. The molecule has 0 radical (unpaired) electrons. The summed E-state index contributed by atoms with van der Waals surface area (Å²) < 4.78 is 4.22. The van der Waals surface area contributed by atoms with Crippen LogP contribution in [0.3, 0.4) is 0 Å². The van der Waals surface area contributed by atoms with E-state index in [1.54, 1.807) is 0 Å². The van der Waals surface area contributed by atoms with Crippen molar-refractivity contribution in [2.24, 2.45) is 7.05 Å². The van der Waals surface area contributed by atoms with Crippen LogP contribution in [0.15, 0.2) is 18.3 Å². The van der Waals surface area contributed by atoms with Crippen molar-refractivity contribution in [3.8, 4) is 0 Å². The molecule has 2 aromatic rings. The Balaban J connectivity index is 2.09. The summed E-state index contributed by atoms with van der Waals surface area (Å²) in [6.07, 6.45) is 3.30. The van der Waals surface area contributed by atoms with Crippen LogP contribution in [-0.4, -0.2) is 14.3 Å². The van der Waals surface area contributed by atoms with Crippen molar-refractivity contribution < 1.29 is 0 Å². The number of aromatic nitrogens is 3. The van der Waals surface area contributed by atoms with E-state index >= 15 is 0 Å². The van der Waals surface area contributed by atoms with Gasteiger partial charge in [-0.2, -0.15) is 5.10 Å². The monoisotopic (exact) mass is 246 g/mol. The molecule has 0 spiro atoms. The molecule has 0 aliphatic heterocycles. The van der Waals surface area contributed by atoms with Crippen molar-refractivity contribution in [3.05, 3.63) is 35.4 Å². The second-order valence-corrected chi connectivity index (χ2v) is 4.72. The van der Waals surface area contributed by atoms with Gasteiger partial charge in [-0.1, -0.05) is 6.92 Å². The van der Waals surface area contributed by atoms with Crippen molar-refractivity contribution in [3.63, 3.8) is 0 Å². The molecule has 0 atom stereocenters. The van der Waals surface area contributed by atoms with Gasteiger partial charge in [0.15, 0.2) is 0 Å². The van der Waals surface area contributed by atoms with Gasteiger partial charge in [0, 0.05) is 25.5 Å². The highest BCUT2D eigenvalue weighted by molar-refractivity contribution is 5.52. The lowest BCUT2D eigenvalue weighted by atomic mass is 10.3. The molecular formula is C14H22N4. The van der Waals surface area contributed by atoms with Crippen LogP contribution in [0.2, 0.25) is 0 Å². The highest BCUT2D eigenvalue weighted by Gasteiger charge is 2.09. The average Bonchev–Trinajstić information content (AvgIpc) is 2.85. The fraction of sp³-hybridized carbons (Fsp3) is 0.500. The fourth-order valence-corrected chi connectivity index (χ4v) is 2.28. The van der Waals surface area contributed by atoms with Gasteiger partial charge >= 0.3 is 0 Å². The van der Waals surface area contributed by atoms with Gasteiger partial charge in [-0.25, -0.2) is 0 Å². The minimum Gasteiger partial charge on any atom is -0.376 e. The molecule has 4 nitrogen and oxygen atoms in total. The second kappa shape index (κ2) is 5.29. The summed E-state index contributed by atoms with van der Waals surface area (Å²) >= 11 is 0. The summed E-state index contributed by atoms with van der Waals surface area (Å²) in [5.74, 6) is 0. The lowest BCUT2D eigenvalue weighted by Gasteiger charge is -2.10. The number of anilines is 1. The third-order valence-electron chi connectivity index (χ3n) is 3.34. The molecule has 0 bridgehead atoms. The number of hydrogen-bond donors (Lipinski definition) is 1. The Labute approximate surface area is 109 Å². The molecule has 0 amide bonds. The van der Waals surface area contributed by atoms with Gasteiger partial charge in [0.05, 0.1) is 23.6 Å². The maximum atomic E-state index is 4.42. The molecule has 0 aliphatic carbocycles. The Kier molecular flexibility index (Phi) is 3.75. The number of nitrogens with zero attached hydrogens (tertiary/aromatic N) is 3. The van der Waals surface area contributed by atoms with Crippen LogP contribution in [0, 0.1) is 13.8 Å². The second-order valence-electron chi connectivity index (χ2n) is 4.72. The summed E-state index contributed by atoms with van der Waals surface area (Å²) in [7, 11) is 1.98. The van der Waals surface area contributed by atoms with Gasteiger partial charge in [-0.3, -0.25) is 4.68 Å². The summed E-state index contributed by atoms with van der Waals surface area (Å²) in [4.78, 5) is 0. The maximum Gasteiger partial charge on any atom is 0.0827 e. The van der Waals surface area contributed by atoms with Gasteiger partial charge < -0.3 is 9.88 Å². The first-order valence-corrected chi connectivity index (χ1v) is 6.51. The number of aryl methyl sites for hydroxylation is 3. The average molecular weight is 246 g/mol. The van der Waals surface area contributed by atoms with Gasteiger partial charge in [0.25, 0.3) is 0 Å². The van der Waals surface area contributed by atoms with Crippen LogP contribution >= 0.6 is 0 Å². The van der Waals surface area contributed by atoms with Crippen molar-refractivity contribution in [2.75, 3.05) is 5.32 Å². The van der Waals surface area contributed by atoms with Gasteiger partial charge in [-0.15, -0.1) is 0 Å². The Hall–Kier alpha value is -1.71.